The van der Waals surface area contributed by atoms with Crippen LogP contribution in [0.15, 0.2) is 12.8 Å². The van der Waals surface area contributed by atoms with E-state index in [4.69, 9.17) is 0 Å². The Morgan fingerprint density at radius 2 is 2.24 bits per heavy atom. The van der Waals surface area contributed by atoms with Gasteiger partial charge in [0.25, 0.3) is 0 Å². The molecule has 0 amide bonds. The molecule has 0 aliphatic carbocycles. The van der Waals surface area contributed by atoms with Crippen molar-refractivity contribution in [2.24, 2.45) is 0 Å². The van der Waals surface area contributed by atoms with Gasteiger partial charge in [-0.1, -0.05) is 6.58 Å². The lowest BCUT2D eigenvalue weighted by molar-refractivity contribution is 0.476. The summed E-state index contributed by atoms with van der Waals surface area (Å²) in [6, 6.07) is 0.361. The molecule has 4 nitrogen and oxygen atoms in total. The smallest absolute Gasteiger partial charge is 0.223 e. The summed E-state index contributed by atoms with van der Waals surface area (Å²) in [7, 11) is 0. The monoisotopic (exact) mass is 236 g/mol. The van der Waals surface area contributed by atoms with Gasteiger partial charge >= 0.3 is 0 Å². The molecule has 5 heteroatoms. The Labute approximate surface area is 100 Å². The van der Waals surface area contributed by atoms with E-state index >= 15 is 0 Å². The minimum absolute atomic E-state index is 0.288. The molecule has 92 valence electrons. The van der Waals surface area contributed by atoms with Crippen LogP contribution in [0.2, 0.25) is 0 Å². The van der Waals surface area contributed by atoms with Crippen molar-refractivity contribution in [1.82, 2.24) is 15.3 Å². The number of nitrogens with one attached hydrogen (secondary N) is 2. The quantitative estimate of drug-likeness (QED) is 0.840. The summed E-state index contributed by atoms with van der Waals surface area (Å²) >= 11 is 0. The second-order valence-electron chi connectivity index (χ2n) is 4.34. The first kappa shape index (κ1) is 12.0. The van der Waals surface area contributed by atoms with Crippen LogP contribution in [0, 0.1) is 5.82 Å². The number of allylic oxidation sites excluding steroid dienone is 1. The minimum Gasteiger partial charge on any atom is -0.351 e. The van der Waals surface area contributed by atoms with Gasteiger partial charge in [0.1, 0.15) is 5.69 Å². The minimum atomic E-state index is -0.423. The van der Waals surface area contributed by atoms with Crippen LogP contribution in [-0.2, 0) is 0 Å². The zero-order valence-electron chi connectivity index (χ0n) is 9.96. The number of halogens is 1. The third-order valence-corrected chi connectivity index (χ3v) is 2.82. The third kappa shape index (κ3) is 3.00. The van der Waals surface area contributed by atoms with Crippen molar-refractivity contribution in [2.45, 2.75) is 25.8 Å². The topological polar surface area (TPSA) is 49.8 Å². The van der Waals surface area contributed by atoms with Crippen molar-refractivity contribution < 1.29 is 4.39 Å². The molecule has 1 aromatic rings. The molecule has 17 heavy (non-hydrogen) atoms. The van der Waals surface area contributed by atoms with Crippen LogP contribution >= 0.6 is 0 Å². The first-order valence-corrected chi connectivity index (χ1v) is 5.82. The fraction of sp³-hybridized carbons (Fsp3) is 0.500. The molecule has 0 atom stereocenters. The highest BCUT2D eigenvalue weighted by molar-refractivity contribution is 5.59. The molecule has 2 N–H and O–H groups in total. The van der Waals surface area contributed by atoms with Gasteiger partial charge in [0.2, 0.25) is 5.95 Å². The van der Waals surface area contributed by atoms with E-state index in [-0.39, 0.29) is 5.69 Å². The number of piperidine rings is 1. The molecule has 1 saturated heterocycles. The van der Waals surface area contributed by atoms with Crippen molar-refractivity contribution in [3.8, 4) is 0 Å². The van der Waals surface area contributed by atoms with Gasteiger partial charge in [-0.2, -0.15) is 0 Å². The summed E-state index contributed by atoms with van der Waals surface area (Å²) in [6.45, 7) is 7.43. The molecule has 0 unspecified atom stereocenters. The number of nitrogens with zero attached hydrogens (tertiary/aromatic N) is 2. The highest BCUT2D eigenvalue weighted by Gasteiger charge is 2.15. The maximum atomic E-state index is 13.4. The van der Waals surface area contributed by atoms with Gasteiger partial charge in [0, 0.05) is 6.04 Å². The number of anilines is 1. The molecule has 0 bridgehead atoms. The lowest BCUT2D eigenvalue weighted by Gasteiger charge is -2.23. The SMILES string of the molecule is C=C(C)c1nc(NC2CCNCC2)ncc1F. The van der Waals surface area contributed by atoms with Gasteiger partial charge in [-0.05, 0) is 38.4 Å². The molecule has 0 radical (unpaired) electrons. The molecule has 1 aliphatic heterocycles. The first-order valence-electron chi connectivity index (χ1n) is 5.82. The van der Waals surface area contributed by atoms with E-state index in [0.717, 1.165) is 25.9 Å². The Bertz CT molecular complexity index is 413. The van der Waals surface area contributed by atoms with Crippen LogP contribution in [0.25, 0.3) is 5.57 Å². The van der Waals surface area contributed by atoms with Gasteiger partial charge in [-0.25, -0.2) is 14.4 Å². The summed E-state index contributed by atoms with van der Waals surface area (Å²) in [5, 5.41) is 6.52. The van der Waals surface area contributed by atoms with Crippen LogP contribution in [-0.4, -0.2) is 29.1 Å². The normalized spacial score (nSPS) is 16.8. The van der Waals surface area contributed by atoms with Gasteiger partial charge in [0.05, 0.1) is 6.20 Å². The summed E-state index contributed by atoms with van der Waals surface area (Å²) in [6.07, 6.45) is 3.26. The molecule has 1 aliphatic rings. The van der Waals surface area contributed by atoms with E-state index in [1.165, 1.54) is 6.20 Å². The Morgan fingerprint density at radius 1 is 1.53 bits per heavy atom. The number of hydrogen-bond acceptors (Lipinski definition) is 4. The highest BCUT2D eigenvalue weighted by Crippen LogP contribution is 2.16. The molecule has 0 spiro atoms. The highest BCUT2D eigenvalue weighted by atomic mass is 19.1. The summed E-state index contributed by atoms with van der Waals surface area (Å²) in [4.78, 5) is 8.11. The fourth-order valence-corrected chi connectivity index (χ4v) is 1.88. The molecule has 1 aromatic heterocycles. The molecule has 1 fully saturated rings. The van der Waals surface area contributed by atoms with E-state index in [9.17, 15) is 4.39 Å². The fourth-order valence-electron chi connectivity index (χ4n) is 1.88. The predicted molar refractivity (Wildman–Crippen MR) is 66.2 cm³/mol. The zero-order valence-corrected chi connectivity index (χ0v) is 9.96. The molecular formula is C12H17FN4. The van der Waals surface area contributed by atoms with E-state index < -0.39 is 5.82 Å². The lowest BCUT2D eigenvalue weighted by atomic mass is 10.1. The Morgan fingerprint density at radius 3 is 2.88 bits per heavy atom. The van der Waals surface area contributed by atoms with Crippen molar-refractivity contribution >= 4 is 11.5 Å². The Balaban J connectivity index is 2.10. The van der Waals surface area contributed by atoms with Crippen molar-refractivity contribution in [3.63, 3.8) is 0 Å². The molecule has 0 aromatic carbocycles. The summed E-state index contributed by atoms with van der Waals surface area (Å²) in [5.41, 5.74) is 0.898. The Kier molecular flexibility index (Phi) is 3.68. The van der Waals surface area contributed by atoms with E-state index in [0.29, 0.717) is 17.6 Å². The molecule has 0 saturated carbocycles. The predicted octanol–water partition coefficient (Wildman–Crippen LogP) is 1.81. The molecular weight excluding hydrogens is 219 g/mol. The van der Waals surface area contributed by atoms with E-state index in [2.05, 4.69) is 27.2 Å². The van der Waals surface area contributed by atoms with E-state index in [1.807, 2.05) is 0 Å². The molecule has 2 rings (SSSR count). The maximum Gasteiger partial charge on any atom is 0.223 e. The Hall–Kier alpha value is -1.49. The number of rotatable bonds is 3. The van der Waals surface area contributed by atoms with Gasteiger partial charge < -0.3 is 10.6 Å². The molecule has 2 heterocycles. The van der Waals surface area contributed by atoms with Crippen molar-refractivity contribution in [3.05, 3.63) is 24.3 Å². The average Bonchev–Trinajstić information content (AvgIpc) is 2.32. The second kappa shape index (κ2) is 5.23. The number of aromatic nitrogens is 2. The van der Waals surface area contributed by atoms with Crippen LogP contribution in [0.1, 0.15) is 25.5 Å². The summed E-state index contributed by atoms with van der Waals surface area (Å²) in [5.74, 6) is 0.0599. The van der Waals surface area contributed by atoms with Crippen LogP contribution in [0.5, 0.6) is 0 Å². The van der Waals surface area contributed by atoms with Gasteiger partial charge in [0.15, 0.2) is 5.82 Å². The van der Waals surface area contributed by atoms with Crippen molar-refractivity contribution in [1.29, 1.82) is 0 Å². The first-order chi connectivity index (χ1) is 8.16. The zero-order chi connectivity index (χ0) is 12.3. The van der Waals surface area contributed by atoms with Crippen LogP contribution in [0.3, 0.4) is 0 Å². The lowest BCUT2D eigenvalue weighted by Crippen LogP contribution is -2.35. The third-order valence-electron chi connectivity index (χ3n) is 2.82. The van der Waals surface area contributed by atoms with Gasteiger partial charge in [-0.3, -0.25) is 0 Å². The van der Waals surface area contributed by atoms with E-state index in [1.54, 1.807) is 6.92 Å². The largest absolute Gasteiger partial charge is 0.351 e. The van der Waals surface area contributed by atoms with Gasteiger partial charge in [-0.15, -0.1) is 0 Å². The van der Waals surface area contributed by atoms with Crippen LogP contribution in [0.4, 0.5) is 10.3 Å². The average molecular weight is 236 g/mol. The second-order valence-corrected chi connectivity index (χ2v) is 4.34. The van der Waals surface area contributed by atoms with Crippen molar-refractivity contribution in [2.75, 3.05) is 18.4 Å². The maximum absolute atomic E-state index is 13.4. The number of hydrogen-bond donors (Lipinski definition) is 2. The summed E-state index contributed by atoms with van der Waals surface area (Å²) < 4.78 is 13.4. The standard InChI is InChI=1S/C12H17FN4/c1-8(2)11-10(13)7-15-12(17-11)16-9-3-5-14-6-4-9/h7,9,14H,1,3-6H2,2H3,(H,15,16,17). The van der Waals surface area contributed by atoms with Crippen LogP contribution < -0.4 is 10.6 Å².